The predicted molar refractivity (Wildman–Crippen MR) is 78.9 cm³/mol. The number of benzene rings is 1. The Morgan fingerprint density at radius 3 is 2.83 bits per heavy atom. The van der Waals surface area contributed by atoms with Crippen molar-refractivity contribution in [3.63, 3.8) is 0 Å². The fraction of sp³-hybridized carbons (Fsp3) is 0.231. The summed E-state index contributed by atoms with van der Waals surface area (Å²) in [6.07, 6.45) is 0.776. The van der Waals surface area contributed by atoms with Crippen LogP contribution in [0.15, 0.2) is 34.1 Å². The van der Waals surface area contributed by atoms with Crippen LogP contribution in [0.25, 0.3) is 0 Å². The third kappa shape index (κ3) is 2.94. The Balaban J connectivity index is 2.29. The Bertz CT molecular complexity index is 544. The number of hydrogen-bond acceptors (Lipinski definition) is 2. The van der Waals surface area contributed by atoms with Crippen LogP contribution in [0.5, 0.6) is 0 Å². The number of hydrogen-bond donors (Lipinski definition) is 1. The van der Waals surface area contributed by atoms with Gasteiger partial charge in [0.1, 0.15) is 5.82 Å². The molecule has 0 aliphatic carbocycles. The van der Waals surface area contributed by atoms with Gasteiger partial charge in [0.05, 0.1) is 5.02 Å². The predicted octanol–water partition coefficient (Wildman–Crippen LogP) is 4.81. The highest BCUT2D eigenvalue weighted by Crippen LogP contribution is 2.31. The van der Waals surface area contributed by atoms with Crippen molar-refractivity contribution in [2.24, 2.45) is 0 Å². The molecule has 1 N–H and O–H groups in total. The average molecular weight is 349 g/mol. The van der Waals surface area contributed by atoms with Crippen molar-refractivity contribution >= 4 is 38.9 Å². The minimum Gasteiger partial charge on any atom is -0.313 e. The zero-order valence-electron chi connectivity index (χ0n) is 9.71. The van der Waals surface area contributed by atoms with Gasteiger partial charge in [0.25, 0.3) is 0 Å². The molecular weight excluding hydrogens is 337 g/mol. The maximum absolute atomic E-state index is 13.5. The topological polar surface area (TPSA) is 12.0 Å². The summed E-state index contributed by atoms with van der Waals surface area (Å²) < 4.78 is 14.6. The lowest BCUT2D eigenvalue weighted by Crippen LogP contribution is -2.19. The van der Waals surface area contributed by atoms with Crippen molar-refractivity contribution < 1.29 is 4.39 Å². The molecule has 0 amide bonds. The first-order chi connectivity index (χ1) is 8.63. The van der Waals surface area contributed by atoms with Crippen molar-refractivity contribution in [2.45, 2.75) is 12.5 Å². The molecule has 2 rings (SSSR count). The van der Waals surface area contributed by atoms with Crippen LogP contribution in [-0.2, 0) is 6.42 Å². The molecule has 1 aromatic carbocycles. The Labute approximate surface area is 123 Å². The minimum absolute atomic E-state index is 0.00292. The number of halogens is 3. The quantitative estimate of drug-likeness (QED) is 0.836. The lowest BCUT2D eigenvalue weighted by molar-refractivity contribution is 0.580. The van der Waals surface area contributed by atoms with Gasteiger partial charge in [-0.25, -0.2) is 4.39 Å². The molecule has 1 nitrogen and oxygen atoms in total. The lowest BCUT2D eigenvalue weighted by atomic mass is 10.0. The number of nitrogens with one attached hydrogen (secondary N) is 1. The van der Waals surface area contributed by atoms with Crippen LogP contribution in [0, 0.1) is 5.82 Å². The van der Waals surface area contributed by atoms with E-state index in [0.29, 0.717) is 0 Å². The van der Waals surface area contributed by atoms with Crippen LogP contribution in [-0.4, -0.2) is 7.05 Å². The van der Waals surface area contributed by atoms with Gasteiger partial charge in [-0.3, -0.25) is 0 Å². The highest BCUT2D eigenvalue weighted by molar-refractivity contribution is 9.10. The van der Waals surface area contributed by atoms with Gasteiger partial charge >= 0.3 is 0 Å². The molecule has 0 aliphatic heterocycles. The Kier molecular flexibility index (Phi) is 4.78. The normalized spacial score (nSPS) is 12.7. The molecule has 18 heavy (non-hydrogen) atoms. The summed E-state index contributed by atoms with van der Waals surface area (Å²) in [5.74, 6) is -0.375. The second-order valence-electron chi connectivity index (χ2n) is 3.88. The van der Waals surface area contributed by atoms with E-state index in [4.69, 9.17) is 11.6 Å². The monoisotopic (exact) mass is 347 g/mol. The van der Waals surface area contributed by atoms with E-state index in [9.17, 15) is 4.39 Å². The van der Waals surface area contributed by atoms with Gasteiger partial charge in [-0.05, 0) is 46.1 Å². The van der Waals surface area contributed by atoms with Gasteiger partial charge < -0.3 is 5.32 Å². The van der Waals surface area contributed by atoms with Crippen molar-refractivity contribution in [2.75, 3.05) is 7.05 Å². The van der Waals surface area contributed by atoms with E-state index in [2.05, 4.69) is 21.2 Å². The summed E-state index contributed by atoms with van der Waals surface area (Å²) in [5, 5.41) is 5.41. The average Bonchev–Trinajstić information content (AvgIpc) is 2.76. The SMILES string of the molecule is CNC(Cc1sccc1Br)c1cccc(F)c1Cl. The van der Waals surface area contributed by atoms with Crippen molar-refractivity contribution in [3.8, 4) is 0 Å². The van der Waals surface area contributed by atoms with E-state index in [1.54, 1.807) is 17.4 Å². The summed E-state index contributed by atoms with van der Waals surface area (Å²) in [7, 11) is 1.85. The van der Waals surface area contributed by atoms with Gasteiger partial charge in [-0.1, -0.05) is 23.7 Å². The number of likely N-dealkylation sites (N-methyl/N-ethyl adjacent to an activating group) is 1. The fourth-order valence-corrected chi connectivity index (χ4v) is 3.63. The summed E-state index contributed by atoms with van der Waals surface area (Å²) in [6.45, 7) is 0. The zero-order chi connectivity index (χ0) is 13.1. The first kappa shape index (κ1) is 14.0. The van der Waals surface area contributed by atoms with E-state index in [0.717, 1.165) is 16.5 Å². The highest BCUT2D eigenvalue weighted by atomic mass is 79.9. The molecule has 0 saturated heterocycles. The Morgan fingerprint density at radius 2 is 2.22 bits per heavy atom. The van der Waals surface area contributed by atoms with E-state index < -0.39 is 0 Å². The molecule has 96 valence electrons. The smallest absolute Gasteiger partial charge is 0.142 e. The van der Waals surface area contributed by atoms with E-state index in [-0.39, 0.29) is 16.9 Å². The Morgan fingerprint density at radius 1 is 1.44 bits per heavy atom. The maximum Gasteiger partial charge on any atom is 0.142 e. The second-order valence-corrected chi connectivity index (χ2v) is 6.11. The molecular formula is C13H12BrClFNS. The van der Waals surface area contributed by atoms with Gasteiger partial charge in [0.15, 0.2) is 0 Å². The van der Waals surface area contributed by atoms with Crippen LogP contribution in [0.4, 0.5) is 4.39 Å². The van der Waals surface area contributed by atoms with Gasteiger partial charge in [-0.2, -0.15) is 0 Å². The molecule has 1 heterocycles. The zero-order valence-corrected chi connectivity index (χ0v) is 12.9. The molecule has 1 unspecified atom stereocenters. The van der Waals surface area contributed by atoms with Crippen LogP contribution in [0.1, 0.15) is 16.5 Å². The fourth-order valence-electron chi connectivity index (χ4n) is 1.81. The summed E-state index contributed by atoms with van der Waals surface area (Å²) in [5.41, 5.74) is 0.791. The third-order valence-corrected chi connectivity index (χ3v) is 5.13. The molecule has 0 radical (unpaired) electrons. The van der Waals surface area contributed by atoms with Crippen LogP contribution >= 0.6 is 38.9 Å². The number of rotatable bonds is 4. The molecule has 5 heteroatoms. The standard InChI is InChI=1S/C13H12BrClFNS/c1-17-11(7-12-9(14)5-6-18-12)8-3-2-4-10(16)13(8)15/h2-6,11,17H,7H2,1H3. The Hall–Kier alpha value is -0.420. The van der Waals surface area contributed by atoms with Crippen LogP contribution in [0.3, 0.4) is 0 Å². The second kappa shape index (κ2) is 6.15. The van der Waals surface area contributed by atoms with Crippen molar-refractivity contribution in [1.29, 1.82) is 0 Å². The number of thiophene rings is 1. The first-order valence-electron chi connectivity index (χ1n) is 5.46. The molecule has 0 fully saturated rings. The molecule has 2 aromatic rings. The molecule has 0 aliphatic rings. The molecule has 0 saturated carbocycles. The summed E-state index contributed by atoms with van der Waals surface area (Å²) >= 11 is 11.2. The van der Waals surface area contributed by atoms with Crippen molar-refractivity contribution in [1.82, 2.24) is 5.32 Å². The molecule has 0 spiro atoms. The highest BCUT2D eigenvalue weighted by Gasteiger charge is 2.17. The summed E-state index contributed by atoms with van der Waals surface area (Å²) in [4.78, 5) is 1.22. The summed E-state index contributed by atoms with van der Waals surface area (Å²) in [6, 6.07) is 6.93. The van der Waals surface area contributed by atoms with E-state index >= 15 is 0 Å². The van der Waals surface area contributed by atoms with Gasteiger partial charge in [0.2, 0.25) is 0 Å². The van der Waals surface area contributed by atoms with Crippen molar-refractivity contribution in [3.05, 3.63) is 55.4 Å². The molecule has 0 bridgehead atoms. The van der Waals surface area contributed by atoms with E-state index in [1.165, 1.54) is 10.9 Å². The lowest BCUT2D eigenvalue weighted by Gasteiger charge is -2.17. The van der Waals surface area contributed by atoms with Gasteiger partial charge in [0, 0.05) is 21.8 Å². The maximum atomic E-state index is 13.5. The van der Waals surface area contributed by atoms with Crippen LogP contribution < -0.4 is 5.32 Å². The van der Waals surface area contributed by atoms with Gasteiger partial charge in [-0.15, -0.1) is 11.3 Å². The first-order valence-corrected chi connectivity index (χ1v) is 7.51. The molecule has 1 atom stereocenters. The van der Waals surface area contributed by atoms with E-state index in [1.807, 2.05) is 24.6 Å². The van der Waals surface area contributed by atoms with Crippen LogP contribution in [0.2, 0.25) is 5.02 Å². The largest absolute Gasteiger partial charge is 0.313 e. The third-order valence-electron chi connectivity index (χ3n) is 2.79. The minimum atomic E-state index is -0.375. The molecule has 1 aromatic heterocycles.